The van der Waals surface area contributed by atoms with Gasteiger partial charge in [0.05, 0.1) is 11.3 Å². The molecular weight excluding hydrogens is 294 g/mol. The standard InChI is InChI=1S/C18H17NO4/c1-12-17(20)19(10-9-13-5-3-2-4-6-13)15-8-7-14(18(21)22)11-16(15)23-12/h2-8,11-12H,9-10H2,1H3,(H,21,22). The van der Waals surface area contributed by atoms with E-state index in [0.29, 0.717) is 18.0 Å². The number of carboxylic acids is 1. The number of benzene rings is 2. The number of carbonyl (C=O) groups is 2. The van der Waals surface area contributed by atoms with Crippen LogP contribution in [-0.2, 0) is 11.2 Å². The van der Waals surface area contributed by atoms with Crippen molar-refractivity contribution in [1.29, 1.82) is 0 Å². The van der Waals surface area contributed by atoms with E-state index in [4.69, 9.17) is 9.84 Å². The molecule has 2 aromatic rings. The van der Waals surface area contributed by atoms with Crippen LogP contribution in [0.15, 0.2) is 48.5 Å². The van der Waals surface area contributed by atoms with E-state index in [1.165, 1.54) is 12.1 Å². The minimum Gasteiger partial charge on any atom is -0.479 e. The van der Waals surface area contributed by atoms with Gasteiger partial charge in [0.15, 0.2) is 6.10 Å². The van der Waals surface area contributed by atoms with E-state index in [1.807, 2.05) is 30.3 Å². The van der Waals surface area contributed by atoms with Gasteiger partial charge in [-0.3, -0.25) is 4.79 Å². The quantitative estimate of drug-likeness (QED) is 0.943. The molecule has 0 fully saturated rings. The van der Waals surface area contributed by atoms with Crippen LogP contribution in [0, 0.1) is 0 Å². The highest BCUT2D eigenvalue weighted by atomic mass is 16.5. The number of rotatable bonds is 4. The zero-order chi connectivity index (χ0) is 16.4. The average molecular weight is 311 g/mol. The Morgan fingerprint density at radius 1 is 1.22 bits per heavy atom. The first-order valence-corrected chi connectivity index (χ1v) is 7.45. The van der Waals surface area contributed by atoms with Gasteiger partial charge in [0.25, 0.3) is 5.91 Å². The molecule has 1 aliphatic heterocycles. The lowest BCUT2D eigenvalue weighted by molar-refractivity contribution is -0.125. The van der Waals surface area contributed by atoms with Crippen LogP contribution in [0.25, 0.3) is 0 Å². The molecule has 1 amide bonds. The summed E-state index contributed by atoms with van der Waals surface area (Å²) in [6.45, 7) is 2.20. The Bertz CT molecular complexity index is 742. The second-order valence-electron chi connectivity index (χ2n) is 5.47. The number of carboxylic acid groups (broad SMARTS) is 1. The highest BCUT2D eigenvalue weighted by Crippen LogP contribution is 2.35. The van der Waals surface area contributed by atoms with Crippen molar-refractivity contribution in [3.8, 4) is 5.75 Å². The summed E-state index contributed by atoms with van der Waals surface area (Å²) in [7, 11) is 0. The van der Waals surface area contributed by atoms with Gasteiger partial charge in [-0.2, -0.15) is 0 Å². The van der Waals surface area contributed by atoms with Gasteiger partial charge in [0.2, 0.25) is 0 Å². The number of nitrogens with zero attached hydrogens (tertiary/aromatic N) is 1. The molecule has 5 nitrogen and oxygen atoms in total. The molecule has 1 N–H and O–H groups in total. The molecule has 0 bridgehead atoms. The molecule has 0 aromatic heterocycles. The van der Waals surface area contributed by atoms with Gasteiger partial charge in [-0.25, -0.2) is 4.79 Å². The van der Waals surface area contributed by atoms with Gasteiger partial charge in [-0.15, -0.1) is 0 Å². The van der Waals surface area contributed by atoms with Crippen LogP contribution in [0.3, 0.4) is 0 Å². The van der Waals surface area contributed by atoms with Crippen LogP contribution in [0.1, 0.15) is 22.8 Å². The number of anilines is 1. The van der Waals surface area contributed by atoms with Crippen molar-refractivity contribution in [2.24, 2.45) is 0 Å². The summed E-state index contributed by atoms with van der Waals surface area (Å²) in [6, 6.07) is 14.5. The minimum absolute atomic E-state index is 0.114. The molecule has 1 unspecified atom stereocenters. The van der Waals surface area contributed by atoms with Crippen LogP contribution in [0.4, 0.5) is 5.69 Å². The first-order valence-electron chi connectivity index (χ1n) is 7.45. The number of ether oxygens (including phenoxy) is 1. The number of hydrogen-bond acceptors (Lipinski definition) is 3. The Kier molecular flexibility index (Phi) is 4.02. The highest BCUT2D eigenvalue weighted by molar-refractivity contribution is 6.00. The third-order valence-electron chi connectivity index (χ3n) is 3.88. The Morgan fingerprint density at radius 3 is 2.65 bits per heavy atom. The number of amides is 1. The van der Waals surface area contributed by atoms with Gasteiger partial charge in [-0.05, 0) is 37.1 Å². The van der Waals surface area contributed by atoms with Crippen molar-refractivity contribution in [3.05, 3.63) is 59.7 Å². The summed E-state index contributed by atoms with van der Waals surface area (Å²) < 4.78 is 5.56. The van der Waals surface area contributed by atoms with Crippen LogP contribution in [0.2, 0.25) is 0 Å². The van der Waals surface area contributed by atoms with E-state index in [0.717, 1.165) is 12.0 Å². The van der Waals surface area contributed by atoms with Gasteiger partial charge < -0.3 is 14.7 Å². The first-order chi connectivity index (χ1) is 11.1. The third kappa shape index (κ3) is 3.04. The molecule has 0 radical (unpaired) electrons. The maximum absolute atomic E-state index is 12.4. The van der Waals surface area contributed by atoms with Crippen molar-refractivity contribution in [1.82, 2.24) is 0 Å². The Balaban J connectivity index is 1.88. The monoisotopic (exact) mass is 311 g/mol. The largest absolute Gasteiger partial charge is 0.479 e. The van der Waals surface area contributed by atoms with Crippen molar-refractivity contribution < 1.29 is 19.4 Å². The highest BCUT2D eigenvalue weighted by Gasteiger charge is 2.31. The van der Waals surface area contributed by atoms with Crippen LogP contribution in [0.5, 0.6) is 5.75 Å². The van der Waals surface area contributed by atoms with Crippen molar-refractivity contribution >= 4 is 17.6 Å². The normalized spacial score (nSPS) is 16.7. The molecular formula is C18H17NO4. The topological polar surface area (TPSA) is 66.8 Å². The molecule has 3 rings (SSSR count). The SMILES string of the molecule is CC1Oc2cc(C(=O)O)ccc2N(CCc2ccccc2)C1=O. The number of carbonyl (C=O) groups excluding carboxylic acids is 1. The maximum Gasteiger partial charge on any atom is 0.335 e. The number of aromatic carboxylic acids is 1. The van der Waals surface area contributed by atoms with Crippen molar-refractivity contribution in [3.63, 3.8) is 0 Å². The molecule has 2 aromatic carbocycles. The molecule has 0 saturated heterocycles. The molecule has 0 spiro atoms. The zero-order valence-electron chi connectivity index (χ0n) is 12.7. The van der Waals surface area contributed by atoms with E-state index in [1.54, 1.807) is 17.9 Å². The fourth-order valence-corrected chi connectivity index (χ4v) is 2.66. The van der Waals surface area contributed by atoms with Crippen LogP contribution in [-0.4, -0.2) is 29.6 Å². The Morgan fingerprint density at radius 2 is 1.96 bits per heavy atom. The smallest absolute Gasteiger partial charge is 0.335 e. The van der Waals surface area contributed by atoms with Crippen LogP contribution < -0.4 is 9.64 Å². The van der Waals surface area contributed by atoms with Crippen molar-refractivity contribution in [2.75, 3.05) is 11.4 Å². The second kappa shape index (κ2) is 6.12. The van der Waals surface area contributed by atoms with Gasteiger partial charge in [0.1, 0.15) is 5.75 Å². The minimum atomic E-state index is -1.02. The van der Waals surface area contributed by atoms with E-state index in [2.05, 4.69) is 0 Å². The molecule has 1 aliphatic rings. The first kappa shape index (κ1) is 15.1. The van der Waals surface area contributed by atoms with Gasteiger partial charge in [-0.1, -0.05) is 30.3 Å². The predicted octanol–water partition coefficient (Wildman–Crippen LogP) is 2.74. The molecule has 1 atom stereocenters. The molecule has 0 saturated carbocycles. The lowest BCUT2D eigenvalue weighted by Crippen LogP contribution is -2.45. The molecule has 5 heteroatoms. The fraction of sp³-hybridized carbons (Fsp3) is 0.222. The lowest BCUT2D eigenvalue weighted by atomic mass is 10.1. The second-order valence-corrected chi connectivity index (χ2v) is 5.47. The Hall–Kier alpha value is -2.82. The third-order valence-corrected chi connectivity index (χ3v) is 3.88. The van der Waals surface area contributed by atoms with E-state index < -0.39 is 12.1 Å². The fourth-order valence-electron chi connectivity index (χ4n) is 2.66. The van der Waals surface area contributed by atoms with E-state index in [9.17, 15) is 9.59 Å². The molecule has 118 valence electrons. The van der Waals surface area contributed by atoms with Crippen LogP contribution >= 0.6 is 0 Å². The summed E-state index contributed by atoms with van der Waals surface area (Å²) in [5.74, 6) is -0.696. The zero-order valence-corrected chi connectivity index (χ0v) is 12.7. The predicted molar refractivity (Wildman–Crippen MR) is 86.0 cm³/mol. The van der Waals surface area contributed by atoms with Crippen molar-refractivity contribution in [2.45, 2.75) is 19.4 Å². The van der Waals surface area contributed by atoms with E-state index in [-0.39, 0.29) is 11.5 Å². The molecule has 1 heterocycles. The molecule has 23 heavy (non-hydrogen) atoms. The summed E-state index contributed by atoms with van der Waals surface area (Å²) in [5, 5.41) is 9.09. The van der Waals surface area contributed by atoms with Gasteiger partial charge >= 0.3 is 5.97 Å². The molecule has 0 aliphatic carbocycles. The summed E-state index contributed by atoms with van der Waals surface area (Å²) in [5.41, 5.74) is 1.91. The van der Waals surface area contributed by atoms with E-state index >= 15 is 0 Å². The average Bonchev–Trinajstić information content (AvgIpc) is 2.55. The number of fused-ring (bicyclic) bond motifs is 1. The lowest BCUT2D eigenvalue weighted by Gasteiger charge is -2.33. The summed E-state index contributed by atoms with van der Waals surface area (Å²) in [4.78, 5) is 25.2. The summed E-state index contributed by atoms with van der Waals surface area (Å²) >= 11 is 0. The Labute approximate surface area is 134 Å². The summed E-state index contributed by atoms with van der Waals surface area (Å²) in [6.07, 6.45) is 0.0988. The maximum atomic E-state index is 12.4. The number of hydrogen-bond donors (Lipinski definition) is 1. The van der Waals surface area contributed by atoms with Gasteiger partial charge in [0, 0.05) is 6.54 Å².